The number of aliphatic carboxylic acids is 1. The molecule has 0 spiro atoms. The highest BCUT2D eigenvalue weighted by Gasteiger charge is 2.60. The van der Waals surface area contributed by atoms with Crippen molar-refractivity contribution in [3.63, 3.8) is 0 Å². The van der Waals surface area contributed by atoms with Crippen molar-refractivity contribution in [2.24, 2.45) is 11.8 Å². The molecule has 0 radical (unpaired) electrons. The van der Waals surface area contributed by atoms with Crippen LogP contribution in [0.4, 0.5) is 0 Å². The maximum atomic E-state index is 12.9. The second-order valence-corrected chi connectivity index (χ2v) is 10.5. The summed E-state index contributed by atoms with van der Waals surface area (Å²) < 4.78 is 0. The zero-order chi connectivity index (χ0) is 24.8. The third kappa shape index (κ3) is 4.45. The number of hydrogen-bond donors (Lipinski definition) is 3. The number of fused-ring (bicyclic) bond motifs is 1. The van der Waals surface area contributed by atoms with E-state index in [4.69, 9.17) is 0 Å². The minimum absolute atomic E-state index is 0.00667. The molecule has 3 aliphatic rings. The van der Waals surface area contributed by atoms with Crippen LogP contribution in [0.1, 0.15) is 20.3 Å². The molecular formula is C21H31N5O6S. The van der Waals surface area contributed by atoms with Crippen LogP contribution in [0.3, 0.4) is 0 Å². The van der Waals surface area contributed by atoms with E-state index < -0.39 is 35.8 Å². The Labute approximate surface area is 196 Å². The molecule has 4 amide bonds. The molecule has 0 aromatic carbocycles. The number of amides is 4. The van der Waals surface area contributed by atoms with Crippen molar-refractivity contribution < 1.29 is 29.1 Å². The minimum atomic E-state index is -1.18. The van der Waals surface area contributed by atoms with E-state index in [-0.39, 0.29) is 34.7 Å². The molecule has 3 heterocycles. The number of thioether (sulfide) groups is 1. The number of hydrogen-bond acceptors (Lipinski definition) is 7. The molecule has 12 heteroatoms. The summed E-state index contributed by atoms with van der Waals surface area (Å²) in [7, 11) is 6.31. The van der Waals surface area contributed by atoms with Crippen LogP contribution in [0.25, 0.3) is 0 Å². The molecule has 0 aromatic rings. The lowest BCUT2D eigenvalue weighted by molar-refractivity contribution is -0.159. The van der Waals surface area contributed by atoms with Crippen LogP contribution in [-0.4, -0.2) is 108 Å². The fourth-order valence-corrected chi connectivity index (χ4v) is 6.21. The highest BCUT2D eigenvalue weighted by molar-refractivity contribution is 8.03. The van der Waals surface area contributed by atoms with Gasteiger partial charge in [0.2, 0.25) is 11.8 Å². The third-order valence-electron chi connectivity index (χ3n) is 6.41. The lowest BCUT2D eigenvalue weighted by Gasteiger charge is -2.47. The molecule has 2 fully saturated rings. The summed E-state index contributed by atoms with van der Waals surface area (Å²) in [6.45, 7) is 4.08. The zero-order valence-corrected chi connectivity index (χ0v) is 20.4. The summed E-state index contributed by atoms with van der Waals surface area (Å²) in [6.07, 6.45) is 0.561. The van der Waals surface area contributed by atoms with Gasteiger partial charge in [0.05, 0.1) is 18.0 Å². The van der Waals surface area contributed by atoms with Crippen molar-refractivity contribution in [1.82, 2.24) is 25.3 Å². The molecular weight excluding hydrogens is 450 g/mol. The minimum Gasteiger partial charge on any atom is -0.477 e. The Hall–Kier alpha value is -2.60. The molecule has 33 heavy (non-hydrogen) atoms. The highest BCUT2D eigenvalue weighted by Crippen LogP contribution is 2.51. The van der Waals surface area contributed by atoms with Gasteiger partial charge in [-0.05, 0) is 13.3 Å². The first kappa shape index (κ1) is 25.0. The Kier molecular flexibility index (Phi) is 7.08. The fraction of sp³-hybridized carbons (Fsp3) is 0.667. The van der Waals surface area contributed by atoms with Gasteiger partial charge in [-0.2, -0.15) is 0 Å². The largest absolute Gasteiger partial charge is 0.477 e. The number of carboxylic acids is 1. The van der Waals surface area contributed by atoms with E-state index in [0.29, 0.717) is 17.9 Å². The molecule has 6 atom stereocenters. The molecule has 182 valence electrons. The lowest BCUT2D eigenvalue weighted by Crippen LogP contribution is -2.66. The van der Waals surface area contributed by atoms with Crippen molar-refractivity contribution in [1.29, 1.82) is 0 Å². The lowest BCUT2D eigenvalue weighted by atomic mass is 9.78. The predicted octanol–water partition coefficient (Wildman–Crippen LogP) is -1.10. The monoisotopic (exact) mass is 481 g/mol. The van der Waals surface area contributed by atoms with Crippen LogP contribution in [0.15, 0.2) is 10.6 Å². The molecule has 0 saturated carbocycles. The summed E-state index contributed by atoms with van der Waals surface area (Å²) in [5.41, 5.74) is -0.0240. The number of likely N-dealkylation sites (N-methyl/N-ethyl adjacent to an activating group) is 2. The first-order valence-corrected chi connectivity index (χ1v) is 11.7. The molecule has 11 nitrogen and oxygen atoms in total. The third-order valence-corrected chi connectivity index (χ3v) is 7.92. The van der Waals surface area contributed by atoms with Crippen molar-refractivity contribution >= 4 is 41.4 Å². The number of nitrogens with zero attached hydrogens (tertiary/aromatic N) is 3. The first-order valence-electron chi connectivity index (χ1n) is 10.8. The summed E-state index contributed by atoms with van der Waals surface area (Å²) in [6, 6.07) is -1.37. The van der Waals surface area contributed by atoms with Crippen LogP contribution < -0.4 is 10.6 Å². The van der Waals surface area contributed by atoms with Crippen molar-refractivity contribution in [3.8, 4) is 0 Å². The van der Waals surface area contributed by atoms with Gasteiger partial charge in [-0.1, -0.05) is 6.92 Å². The molecule has 3 aliphatic heterocycles. The Morgan fingerprint density at radius 3 is 2.36 bits per heavy atom. The van der Waals surface area contributed by atoms with Crippen LogP contribution in [0.5, 0.6) is 0 Å². The van der Waals surface area contributed by atoms with E-state index >= 15 is 0 Å². The van der Waals surface area contributed by atoms with Gasteiger partial charge < -0.3 is 30.4 Å². The Morgan fingerprint density at radius 2 is 1.82 bits per heavy atom. The van der Waals surface area contributed by atoms with Gasteiger partial charge in [0.15, 0.2) is 0 Å². The summed E-state index contributed by atoms with van der Waals surface area (Å²) in [5, 5.41) is 15.6. The second-order valence-electron chi connectivity index (χ2n) is 9.16. The Morgan fingerprint density at radius 1 is 1.18 bits per heavy atom. The second kappa shape index (κ2) is 9.34. The van der Waals surface area contributed by atoms with Crippen LogP contribution >= 0.6 is 11.8 Å². The van der Waals surface area contributed by atoms with Gasteiger partial charge in [0.1, 0.15) is 5.70 Å². The van der Waals surface area contributed by atoms with E-state index in [1.165, 1.54) is 35.7 Å². The van der Waals surface area contributed by atoms with Gasteiger partial charge in [-0.3, -0.25) is 19.2 Å². The van der Waals surface area contributed by atoms with Gasteiger partial charge in [0, 0.05) is 56.9 Å². The van der Waals surface area contributed by atoms with Crippen LogP contribution in [0, 0.1) is 11.8 Å². The average molecular weight is 482 g/mol. The maximum Gasteiger partial charge on any atom is 0.353 e. The van der Waals surface area contributed by atoms with Crippen LogP contribution in [0.2, 0.25) is 0 Å². The summed E-state index contributed by atoms with van der Waals surface area (Å²) in [5.74, 6) is -3.99. The fourth-order valence-electron chi connectivity index (χ4n) is 4.73. The average Bonchev–Trinajstić information content (AvgIpc) is 3.28. The van der Waals surface area contributed by atoms with E-state index in [0.717, 1.165) is 4.90 Å². The van der Waals surface area contributed by atoms with Gasteiger partial charge in [-0.15, -0.1) is 11.8 Å². The number of nitrogens with one attached hydrogen (secondary N) is 2. The first-order chi connectivity index (χ1) is 15.4. The molecule has 3 N–H and O–H groups in total. The van der Waals surface area contributed by atoms with E-state index in [2.05, 4.69) is 10.6 Å². The summed E-state index contributed by atoms with van der Waals surface area (Å²) >= 11 is 1.40. The van der Waals surface area contributed by atoms with Crippen molar-refractivity contribution in [2.75, 3.05) is 34.7 Å². The van der Waals surface area contributed by atoms with Gasteiger partial charge >= 0.3 is 17.8 Å². The number of carbonyl (C=O) groups excluding carboxylic acids is 4. The van der Waals surface area contributed by atoms with Crippen LogP contribution in [-0.2, 0) is 24.0 Å². The van der Waals surface area contributed by atoms with Gasteiger partial charge in [0.25, 0.3) is 0 Å². The molecule has 3 rings (SSSR count). The highest BCUT2D eigenvalue weighted by atomic mass is 32.2. The Bertz CT molecular complexity index is 919. The van der Waals surface area contributed by atoms with Gasteiger partial charge in [-0.25, -0.2) is 4.79 Å². The molecule has 0 aliphatic carbocycles. The van der Waals surface area contributed by atoms with E-state index in [1.54, 1.807) is 21.0 Å². The number of β-lactam (4-membered cyclic amide) rings is 1. The predicted molar refractivity (Wildman–Crippen MR) is 121 cm³/mol. The SMILES string of the molecule is C[C@@H](NC(=O)C(=O)N(C)C)[C@H]1C(=O)N2C(C(=O)O)=C(S[C@@H]3CN[C@H](C(=O)N(C)C)C3)[C@H](C)[C@H]12. The number of carboxylic acid groups (broad SMARTS) is 1. The van der Waals surface area contributed by atoms with Crippen molar-refractivity contribution in [2.45, 2.75) is 43.6 Å². The zero-order valence-electron chi connectivity index (χ0n) is 19.6. The molecule has 0 aromatic heterocycles. The summed E-state index contributed by atoms with van der Waals surface area (Å²) in [4.78, 5) is 65.9. The van der Waals surface area contributed by atoms with Crippen molar-refractivity contribution in [3.05, 3.63) is 10.6 Å². The van der Waals surface area contributed by atoms with E-state index in [1.807, 2.05) is 6.92 Å². The maximum absolute atomic E-state index is 12.9. The van der Waals surface area contributed by atoms with E-state index in [9.17, 15) is 29.1 Å². The number of rotatable bonds is 6. The topological polar surface area (TPSA) is 139 Å². The quantitative estimate of drug-likeness (QED) is 0.321. The smallest absolute Gasteiger partial charge is 0.353 e. The normalized spacial score (nSPS) is 29.3. The Balaban J connectivity index is 1.74. The standard InChI is InChI=1S/C21H31N5O6S/c1-9-14-13(10(2)23-17(27)20(30)25(5)6)19(29)26(14)15(21(31)32)16(9)33-11-7-12(22-8-11)18(28)24(3)4/h9-14,22H,7-8H2,1-6H3,(H,23,27)(H,31,32)/t9-,10-,11+,12+,13-,14-/m1/s1. The number of carbonyl (C=O) groups is 5. The molecule has 0 unspecified atom stereocenters. The molecule has 2 saturated heterocycles. The molecule has 0 bridgehead atoms.